The highest BCUT2D eigenvalue weighted by atomic mass is 32.2. The van der Waals surface area contributed by atoms with E-state index in [1.165, 1.54) is 11.8 Å². The van der Waals surface area contributed by atoms with Gasteiger partial charge in [-0.25, -0.2) is 4.99 Å². The number of aliphatic imine (C=N–C) groups is 1. The van der Waals surface area contributed by atoms with E-state index in [0.29, 0.717) is 18.7 Å². The summed E-state index contributed by atoms with van der Waals surface area (Å²) in [7, 11) is 0. The Kier molecular flexibility index (Phi) is 4.04. The first kappa shape index (κ1) is 16.5. The first-order valence-electron chi connectivity index (χ1n) is 8.56. The van der Waals surface area contributed by atoms with Crippen LogP contribution in [0, 0.1) is 0 Å². The molecular formula is C19H20N2O3S. The minimum atomic E-state index is -1.11. The molecule has 0 saturated carbocycles. The summed E-state index contributed by atoms with van der Waals surface area (Å²) in [4.78, 5) is 22.1. The van der Waals surface area contributed by atoms with E-state index in [9.17, 15) is 9.90 Å². The van der Waals surface area contributed by atoms with Crippen LogP contribution in [0.3, 0.4) is 0 Å². The number of rotatable bonds is 3. The van der Waals surface area contributed by atoms with Gasteiger partial charge in [0.2, 0.25) is 0 Å². The minimum Gasteiger partial charge on any atom is -0.492 e. The van der Waals surface area contributed by atoms with Crippen LogP contribution in [0.4, 0.5) is 0 Å². The fourth-order valence-electron chi connectivity index (χ4n) is 3.44. The van der Waals surface area contributed by atoms with Gasteiger partial charge < -0.3 is 9.84 Å². The first-order valence-corrected chi connectivity index (χ1v) is 9.44. The molecule has 25 heavy (non-hydrogen) atoms. The Morgan fingerprint density at radius 3 is 2.88 bits per heavy atom. The predicted octanol–water partition coefficient (Wildman–Crippen LogP) is 3.11. The molecule has 1 amide bonds. The van der Waals surface area contributed by atoms with Crippen molar-refractivity contribution in [1.29, 1.82) is 0 Å². The Balaban J connectivity index is 1.91. The Morgan fingerprint density at radius 2 is 2.16 bits per heavy atom. The Morgan fingerprint density at radius 1 is 1.40 bits per heavy atom. The van der Waals surface area contributed by atoms with Crippen LogP contribution in [0.2, 0.25) is 0 Å². The largest absolute Gasteiger partial charge is 0.492 e. The standard InChI is InChI=1S/C19H20N2O3S/c1-3-19(2,23)17-12-5-4-10-24-14-13(12)16(18(22)21-17)25-15(14)11-6-8-20-9-7-11/h6-9,16,23H,3-5,10H2,1-2H3/t16?,19-/m0/s1. The summed E-state index contributed by atoms with van der Waals surface area (Å²) >= 11 is 1.49. The lowest BCUT2D eigenvalue weighted by Gasteiger charge is -2.30. The van der Waals surface area contributed by atoms with Gasteiger partial charge in [0.1, 0.15) is 16.6 Å². The van der Waals surface area contributed by atoms with Crippen molar-refractivity contribution >= 4 is 28.3 Å². The molecule has 3 aliphatic rings. The van der Waals surface area contributed by atoms with Crippen LogP contribution >= 0.6 is 11.8 Å². The predicted molar refractivity (Wildman–Crippen MR) is 98.1 cm³/mol. The van der Waals surface area contributed by atoms with Crippen LogP contribution in [-0.4, -0.2) is 39.2 Å². The fourth-order valence-corrected chi connectivity index (χ4v) is 4.74. The second-order valence-electron chi connectivity index (χ2n) is 6.66. The molecule has 1 N–H and O–H groups in total. The fraction of sp³-hybridized carbons (Fsp3) is 0.421. The van der Waals surface area contributed by atoms with Crippen molar-refractivity contribution in [2.45, 2.75) is 44.0 Å². The van der Waals surface area contributed by atoms with Gasteiger partial charge in [0, 0.05) is 18.0 Å². The van der Waals surface area contributed by atoms with Gasteiger partial charge in [-0.15, -0.1) is 11.8 Å². The van der Waals surface area contributed by atoms with Crippen molar-refractivity contribution in [2.24, 2.45) is 4.99 Å². The molecule has 0 radical (unpaired) electrons. The molecule has 1 unspecified atom stereocenters. The van der Waals surface area contributed by atoms with Crippen molar-refractivity contribution in [3.63, 3.8) is 0 Å². The maximum Gasteiger partial charge on any atom is 0.264 e. The smallest absolute Gasteiger partial charge is 0.264 e. The van der Waals surface area contributed by atoms with Crippen LogP contribution in [0.5, 0.6) is 0 Å². The summed E-state index contributed by atoms with van der Waals surface area (Å²) in [5.41, 5.74) is 2.31. The third-order valence-electron chi connectivity index (χ3n) is 4.96. The average Bonchev–Trinajstić information content (AvgIpc) is 2.87. The van der Waals surface area contributed by atoms with Crippen molar-refractivity contribution in [3.05, 3.63) is 47.0 Å². The van der Waals surface area contributed by atoms with Crippen LogP contribution in [0.15, 0.2) is 46.4 Å². The normalized spacial score (nSPS) is 25.2. The summed E-state index contributed by atoms with van der Waals surface area (Å²) in [6.45, 7) is 4.23. The van der Waals surface area contributed by atoms with E-state index >= 15 is 0 Å². The number of carbonyl (C=O) groups is 1. The number of ether oxygens (including phenoxy) is 1. The molecule has 1 aromatic rings. The highest BCUT2D eigenvalue weighted by Gasteiger charge is 2.46. The molecule has 4 rings (SSSR count). The van der Waals surface area contributed by atoms with Gasteiger partial charge >= 0.3 is 0 Å². The molecular weight excluding hydrogens is 336 g/mol. The van der Waals surface area contributed by atoms with E-state index in [2.05, 4.69) is 9.98 Å². The Bertz CT molecular complexity index is 824. The van der Waals surface area contributed by atoms with Crippen molar-refractivity contribution < 1.29 is 14.6 Å². The Hall–Kier alpha value is -1.92. The molecule has 0 bridgehead atoms. The molecule has 0 aliphatic carbocycles. The zero-order valence-electron chi connectivity index (χ0n) is 14.3. The molecule has 0 fully saturated rings. The van der Waals surface area contributed by atoms with Crippen molar-refractivity contribution in [2.75, 3.05) is 6.61 Å². The zero-order valence-corrected chi connectivity index (χ0v) is 15.1. The first-order chi connectivity index (χ1) is 12.0. The molecule has 0 spiro atoms. The molecule has 2 atom stereocenters. The van der Waals surface area contributed by atoms with Gasteiger partial charge in [-0.3, -0.25) is 9.78 Å². The van der Waals surface area contributed by atoms with E-state index in [-0.39, 0.29) is 11.2 Å². The quantitative estimate of drug-likeness (QED) is 0.901. The summed E-state index contributed by atoms with van der Waals surface area (Å²) in [6, 6.07) is 3.85. The summed E-state index contributed by atoms with van der Waals surface area (Å²) in [5.74, 6) is 0.570. The molecule has 1 aromatic heterocycles. The molecule has 4 heterocycles. The topological polar surface area (TPSA) is 71.8 Å². The second kappa shape index (κ2) is 6.11. The highest BCUT2D eigenvalue weighted by molar-refractivity contribution is 8.10. The van der Waals surface area contributed by atoms with Crippen LogP contribution in [0.1, 0.15) is 38.7 Å². The Labute approximate surface area is 150 Å². The van der Waals surface area contributed by atoms with E-state index < -0.39 is 5.60 Å². The van der Waals surface area contributed by atoms with E-state index in [1.807, 2.05) is 19.1 Å². The minimum absolute atomic E-state index is 0.209. The van der Waals surface area contributed by atoms with Crippen LogP contribution in [0.25, 0.3) is 4.91 Å². The molecule has 0 aromatic carbocycles. The van der Waals surface area contributed by atoms with Gasteiger partial charge in [-0.2, -0.15) is 0 Å². The van der Waals surface area contributed by atoms with Gasteiger partial charge in [0.15, 0.2) is 0 Å². The van der Waals surface area contributed by atoms with Crippen LogP contribution in [-0.2, 0) is 9.53 Å². The lowest BCUT2D eigenvalue weighted by molar-refractivity contribution is -0.116. The number of thioether (sulfide) groups is 1. The van der Waals surface area contributed by atoms with E-state index in [0.717, 1.165) is 40.2 Å². The molecule has 5 nitrogen and oxygen atoms in total. The highest BCUT2D eigenvalue weighted by Crippen LogP contribution is 2.52. The summed E-state index contributed by atoms with van der Waals surface area (Å²) < 4.78 is 6.06. The average molecular weight is 356 g/mol. The number of carbonyl (C=O) groups excluding carboxylic acids is 1. The van der Waals surface area contributed by atoms with Gasteiger partial charge in [-0.1, -0.05) is 6.92 Å². The molecule has 3 aliphatic heterocycles. The second-order valence-corrected chi connectivity index (χ2v) is 7.78. The van der Waals surface area contributed by atoms with Gasteiger partial charge in [0.25, 0.3) is 5.91 Å². The maximum absolute atomic E-state index is 12.7. The van der Waals surface area contributed by atoms with E-state index in [4.69, 9.17) is 4.74 Å². The number of pyridine rings is 1. The number of aliphatic hydroxyl groups is 1. The summed E-state index contributed by atoms with van der Waals surface area (Å²) in [5, 5.41) is 10.4. The van der Waals surface area contributed by atoms with E-state index in [1.54, 1.807) is 19.3 Å². The molecule has 130 valence electrons. The SMILES string of the molecule is CC[C@](C)(O)C1=NC(=O)C2SC(c3ccncc3)=C3OCCCC1=C32. The third-order valence-corrected chi connectivity index (χ3v) is 6.29. The van der Waals surface area contributed by atoms with Gasteiger partial charge in [0.05, 0.1) is 17.2 Å². The lowest BCUT2D eigenvalue weighted by Crippen LogP contribution is -2.40. The zero-order chi connectivity index (χ0) is 17.6. The number of hydrogen-bond donors (Lipinski definition) is 1. The number of amides is 1. The van der Waals surface area contributed by atoms with Crippen molar-refractivity contribution in [3.8, 4) is 0 Å². The summed E-state index contributed by atoms with van der Waals surface area (Å²) in [6.07, 6.45) is 5.59. The maximum atomic E-state index is 12.7. The molecule has 6 heteroatoms. The van der Waals surface area contributed by atoms with Crippen LogP contribution < -0.4 is 0 Å². The number of dihydropyridines is 1. The number of hydrogen-bond acceptors (Lipinski definition) is 5. The van der Waals surface area contributed by atoms with Crippen molar-refractivity contribution in [1.82, 2.24) is 4.98 Å². The molecule has 0 saturated heterocycles. The van der Waals surface area contributed by atoms with Gasteiger partial charge in [-0.05, 0) is 49.5 Å². The lowest BCUT2D eigenvalue weighted by atomic mass is 9.83. The monoisotopic (exact) mass is 356 g/mol. The number of allylic oxidation sites excluding steroid dienone is 1. The third kappa shape index (κ3) is 2.64. The number of aromatic nitrogens is 1. The number of nitrogens with zero attached hydrogens (tertiary/aromatic N) is 2.